The molecular weight excluding hydrogens is 661 g/mol. The second-order valence-electron chi connectivity index (χ2n) is 15.0. The largest absolute Gasteiger partial charge is 0.456 e. The lowest BCUT2D eigenvalue weighted by atomic mass is 9.91. The summed E-state index contributed by atoms with van der Waals surface area (Å²) in [6.07, 6.45) is 5.64. The first-order valence-corrected chi connectivity index (χ1v) is 18.8. The van der Waals surface area contributed by atoms with Crippen molar-refractivity contribution in [1.29, 1.82) is 0 Å². The van der Waals surface area contributed by atoms with Gasteiger partial charge in [0.1, 0.15) is 22.7 Å². The number of para-hydroxylation sites is 2. The fourth-order valence-electron chi connectivity index (χ4n) is 8.74. The van der Waals surface area contributed by atoms with Crippen LogP contribution in [0.4, 0.5) is 28.4 Å². The summed E-state index contributed by atoms with van der Waals surface area (Å²) in [7, 11) is 0. The fourth-order valence-corrected chi connectivity index (χ4v) is 8.74. The molecule has 7 aromatic carbocycles. The minimum Gasteiger partial charge on any atom is -0.456 e. The molecule has 4 heteroatoms. The van der Waals surface area contributed by atoms with Crippen molar-refractivity contribution in [3.05, 3.63) is 174 Å². The molecule has 0 spiro atoms. The van der Waals surface area contributed by atoms with E-state index in [1.54, 1.807) is 0 Å². The Morgan fingerprint density at radius 2 is 1.22 bits per heavy atom. The van der Waals surface area contributed by atoms with Crippen LogP contribution in [-0.2, 0) is 0 Å². The molecule has 10 rings (SSSR count). The van der Waals surface area contributed by atoms with Gasteiger partial charge in [0.25, 0.3) is 0 Å². The van der Waals surface area contributed by atoms with E-state index < -0.39 is 0 Å². The molecule has 262 valence electrons. The Hall–Kier alpha value is -6.52. The summed E-state index contributed by atoms with van der Waals surface area (Å²) in [5, 5.41) is 4.45. The third kappa shape index (κ3) is 5.37. The minimum absolute atomic E-state index is 0.467. The number of rotatable bonds is 6. The van der Waals surface area contributed by atoms with Gasteiger partial charge in [-0.05, 0) is 128 Å². The molecule has 2 heterocycles. The third-order valence-electron chi connectivity index (χ3n) is 10.8. The Morgan fingerprint density at radius 3 is 1.96 bits per heavy atom. The zero-order chi connectivity index (χ0) is 36.5. The highest BCUT2D eigenvalue weighted by Crippen LogP contribution is 2.52. The number of hydrogen-bond acceptors (Lipinski definition) is 4. The highest BCUT2D eigenvalue weighted by atomic mass is 16.5. The van der Waals surface area contributed by atoms with Gasteiger partial charge in [-0.3, -0.25) is 0 Å². The molecule has 1 unspecified atom stereocenters. The number of anilines is 5. The van der Waals surface area contributed by atoms with Crippen molar-refractivity contribution in [2.24, 2.45) is 5.92 Å². The molecule has 2 aliphatic rings. The minimum atomic E-state index is 0.467. The average molecular weight is 701 g/mol. The topological polar surface area (TPSA) is 28.9 Å². The van der Waals surface area contributed by atoms with E-state index in [1.807, 2.05) is 0 Å². The van der Waals surface area contributed by atoms with E-state index in [-0.39, 0.29) is 0 Å². The lowest BCUT2D eigenvalue weighted by Crippen LogP contribution is -2.20. The number of allylic oxidation sites excluding steroid dienone is 4. The van der Waals surface area contributed by atoms with Crippen molar-refractivity contribution < 1.29 is 9.15 Å². The molecule has 1 atom stereocenters. The van der Waals surface area contributed by atoms with Crippen molar-refractivity contribution >= 4 is 61.1 Å². The molecular formula is C50H40N2O2. The maximum atomic E-state index is 6.83. The van der Waals surface area contributed by atoms with Gasteiger partial charge in [-0.2, -0.15) is 0 Å². The summed E-state index contributed by atoms with van der Waals surface area (Å²) < 4.78 is 13.6. The van der Waals surface area contributed by atoms with Crippen molar-refractivity contribution in [3.63, 3.8) is 0 Å². The second kappa shape index (κ2) is 12.6. The molecule has 0 radical (unpaired) electrons. The third-order valence-corrected chi connectivity index (χ3v) is 10.8. The van der Waals surface area contributed by atoms with Crippen LogP contribution in [0.5, 0.6) is 11.5 Å². The number of aryl methyl sites for hydroxylation is 2. The Kier molecular flexibility index (Phi) is 7.48. The van der Waals surface area contributed by atoms with E-state index in [0.717, 1.165) is 90.2 Å². The Balaban J connectivity index is 1.12. The molecule has 0 N–H and O–H groups in total. The molecule has 1 aliphatic heterocycles. The van der Waals surface area contributed by atoms with Gasteiger partial charge in [0.05, 0.1) is 0 Å². The Morgan fingerprint density at radius 1 is 0.519 bits per heavy atom. The molecule has 0 bridgehead atoms. The SMILES string of the molecule is CC1=CC(C)CC(N(c2ccccc2)c2ccc3c(c2)oc2cc4c5c(cccc5c23)Oc2cc(N(c3ccccc3)c3cc(C)cc(C)c3)ccc2-4)=C1. The van der Waals surface area contributed by atoms with Gasteiger partial charge in [0.2, 0.25) is 0 Å². The van der Waals surface area contributed by atoms with Crippen LogP contribution in [0.2, 0.25) is 0 Å². The first kappa shape index (κ1) is 32.2. The first-order chi connectivity index (χ1) is 26.4. The van der Waals surface area contributed by atoms with Crippen LogP contribution in [0.25, 0.3) is 43.8 Å². The molecule has 0 saturated heterocycles. The standard InChI is InChI=1S/C50H40N2O2/c1-31-22-32(2)25-39(24-31)51(35-12-7-5-8-13-35)37-18-20-41-44-30-48-49(43-16-11-17-45(50(43)44)53-46(41)28-37)42-21-19-38(29-47(42)54-48)52(36-14-9-6-10-15-36)40-26-33(3)23-34(4)27-40/h5-26,28-30,34H,27H2,1-4H3. The monoisotopic (exact) mass is 700 g/mol. The predicted molar refractivity (Wildman–Crippen MR) is 225 cm³/mol. The van der Waals surface area contributed by atoms with Crippen molar-refractivity contribution in [3.8, 4) is 22.6 Å². The van der Waals surface area contributed by atoms with Gasteiger partial charge in [0.15, 0.2) is 0 Å². The van der Waals surface area contributed by atoms with Gasteiger partial charge in [-0.15, -0.1) is 0 Å². The van der Waals surface area contributed by atoms with E-state index in [9.17, 15) is 0 Å². The van der Waals surface area contributed by atoms with Crippen LogP contribution in [0.1, 0.15) is 31.4 Å². The summed E-state index contributed by atoms with van der Waals surface area (Å²) in [5.41, 5.74) is 14.4. The zero-order valence-corrected chi connectivity index (χ0v) is 30.9. The lowest BCUT2D eigenvalue weighted by Gasteiger charge is -2.31. The highest BCUT2D eigenvalue weighted by molar-refractivity contribution is 6.24. The molecule has 8 aromatic rings. The zero-order valence-electron chi connectivity index (χ0n) is 30.9. The predicted octanol–water partition coefficient (Wildman–Crippen LogP) is 14.6. The number of benzene rings is 7. The van der Waals surface area contributed by atoms with Crippen LogP contribution >= 0.6 is 0 Å². The smallest absolute Gasteiger partial charge is 0.137 e. The van der Waals surface area contributed by atoms with E-state index >= 15 is 0 Å². The quantitative estimate of drug-likeness (QED) is 0.173. The van der Waals surface area contributed by atoms with Crippen molar-refractivity contribution in [1.82, 2.24) is 0 Å². The maximum Gasteiger partial charge on any atom is 0.137 e. The lowest BCUT2D eigenvalue weighted by molar-refractivity contribution is 0.487. The molecule has 54 heavy (non-hydrogen) atoms. The Labute approximate surface area is 315 Å². The normalized spacial score (nSPS) is 14.8. The number of furan rings is 1. The molecule has 1 aliphatic carbocycles. The number of hydrogen-bond donors (Lipinski definition) is 0. The number of nitrogens with zero attached hydrogens (tertiary/aromatic N) is 2. The van der Waals surface area contributed by atoms with Gasteiger partial charge < -0.3 is 19.0 Å². The summed E-state index contributed by atoms with van der Waals surface area (Å²) >= 11 is 0. The van der Waals surface area contributed by atoms with Crippen molar-refractivity contribution in [2.75, 3.05) is 9.80 Å². The van der Waals surface area contributed by atoms with Crippen LogP contribution in [-0.4, -0.2) is 0 Å². The summed E-state index contributed by atoms with van der Waals surface area (Å²) in [4.78, 5) is 4.69. The van der Waals surface area contributed by atoms with Crippen LogP contribution in [0.3, 0.4) is 0 Å². The number of fused-ring (bicyclic) bond motifs is 6. The number of ether oxygens (including phenoxy) is 1. The van der Waals surface area contributed by atoms with E-state index in [1.165, 1.54) is 22.4 Å². The first-order valence-electron chi connectivity index (χ1n) is 18.8. The van der Waals surface area contributed by atoms with Gasteiger partial charge in [0, 0.05) is 73.6 Å². The second-order valence-corrected chi connectivity index (χ2v) is 15.0. The van der Waals surface area contributed by atoms with Gasteiger partial charge >= 0.3 is 0 Å². The maximum absolute atomic E-state index is 6.83. The molecule has 4 nitrogen and oxygen atoms in total. The van der Waals surface area contributed by atoms with Crippen LogP contribution < -0.4 is 14.5 Å². The molecule has 0 fully saturated rings. The van der Waals surface area contributed by atoms with E-state index in [0.29, 0.717) is 5.92 Å². The van der Waals surface area contributed by atoms with Crippen LogP contribution in [0.15, 0.2) is 167 Å². The summed E-state index contributed by atoms with van der Waals surface area (Å²) in [5.74, 6) is 2.15. The molecule has 0 amide bonds. The average Bonchev–Trinajstić information content (AvgIpc) is 3.53. The summed E-state index contributed by atoms with van der Waals surface area (Å²) in [6.45, 7) is 8.79. The van der Waals surface area contributed by atoms with Gasteiger partial charge in [-0.1, -0.05) is 73.2 Å². The molecule has 1 aromatic heterocycles. The highest BCUT2D eigenvalue weighted by Gasteiger charge is 2.26. The Bertz CT molecular complexity index is 2810. The van der Waals surface area contributed by atoms with Crippen LogP contribution in [0, 0.1) is 19.8 Å². The summed E-state index contributed by atoms with van der Waals surface area (Å²) in [6, 6.07) is 49.7. The fraction of sp³-hybridized carbons (Fsp3) is 0.120. The van der Waals surface area contributed by atoms with E-state index in [2.05, 4.69) is 189 Å². The van der Waals surface area contributed by atoms with E-state index in [4.69, 9.17) is 9.15 Å². The van der Waals surface area contributed by atoms with Crippen molar-refractivity contribution in [2.45, 2.75) is 34.1 Å². The molecule has 0 saturated carbocycles. The van der Waals surface area contributed by atoms with Gasteiger partial charge in [-0.25, -0.2) is 0 Å².